The van der Waals surface area contributed by atoms with Crippen LogP contribution in [0.15, 0.2) is 52.4 Å². The van der Waals surface area contributed by atoms with E-state index in [-0.39, 0.29) is 15.5 Å². The van der Waals surface area contributed by atoms with Gasteiger partial charge in [0.05, 0.1) is 20.5 Å². The van der Waals surface area contributed by atoms with E-state index in [4.69, 9.17) is 5.73 Å². The predicted octanol–water partition coefficient (Wildman–Crippen LogP) is 2.58. The zero-order valence-corrected chi connectivity index (χ0v) is 13.1. The summed E-state index contributed by atoms with van der Waals surface area (Å²) in [6.45, 7) is 0. The SMILES string of the molecule is Nc1cnc2[nH]c(I)cc2c1S(=O)(=O)c1ccccc1. The average molecular weight is 399 g/mol. The number of anilines is 1. The molecule has 20 heavy (non-hydrogen) atoms. The zero-order chi connectivity index (χ0) is 14.3. The van der Waals surface area contributed by atoms with Crippen molar-refractivity contribution in [1.82, 2.24) is 9.97 Å². The summed E-state index contributed by atoms with van der Waals surface area (Å²) < 4.78 is 26.3. The maximum absolute atomic E-state index is 12.8. The van der Waals surface area contributed by atoms with Gasteiger partial charge in [-0.05, 0) is 40.8 Å². The first-order chi connectivity index (χ1) is 9.50. The van der Waals surface area contributed by atoms with Gasteiger partial charge in [0.15, 0.2) is 0 Å². The molecule has 1 aromatic carbocycles. The summed E-state index contributed by atoms with van der Waals surface area (Å²) in [5.74, 6) is 0. The summed E-state index contributed by atoms with van der Waals surface area (Å²) in [7, 11) is -3.67. The van der Waals surface area contributed by atoms with Gasteiger partial charge < -0.3 is 10.7 Å². The molecule has 0 fully saturated rings. The molecular formula is C13H10IN3O2S. The number of nitrogens with one attached hydrogen (secondary N) is 1. The molecule has 3 aromatic rings. The van der Waals surface area contributed by atoms with E-state index in [0.717, 1.165) is 3.70 Å². The Balaban J connectivity index is 2.37. The van der Waals surface area contributed by atoms with Crippen molar-refractivity contribution in [2.24, 2.45) is 0 Å². The molecule has 0 aliphatic carbocycles. The van der Waals surface area contributed by atoms with Crippen LogP contribution in [-0.2, 0) is 9.84 Å². The van der Waals surface area contributed by atoms with Crippen molar-refractivity contribution in [2.75, 3.05) is 5.73 Å². The van der Waals surface area contributed by atoms with Crippen molar-refractivity contribution < 1.29 is 8.42 Å². The number of H-pyrrole nitrogens is 1. The third-order valence-electron chi connectivity index (χ3n) is 2.93. The van der Waals surface area contributed by atoms with Crippen molar-refractivity contribution in [3.8, 4) is 0 Å². The Morgan fingerprint density at radius 3 is 2.60 bits per heavy atom. The van der Waals surface area contributed by atoms with E-state index in [1.165, 1.54) is 6.20 Å². The summed E-state index contributed by atoms with van der Waals surface area (Å²) in [5.41, 5.74) is 6.52. The van der Waals surface area contributed by atoms with E-state index >= 15 is 0 Å². The van der Waals surface area contributed by atoms with Crippen LogP contribution < -0.4 is 5.73 Å². The third-order valence-corrected chi connectivity index (χ3v) is 5.39. The first-order valence-corrected chi connectivity index (χ1v) is 8.29. The Labute approximate surface area is 129 Å². The number of pyridine rings is 1. The van der Waals surface area contributed by atoms with Gasteiger partial charge in [-0.2, -0.15) is 0 Å². The fourth-order valence-electron chi connectivity index (χ4n) is 2.05. The van der Waals surface area contributed by atoms with Crippen molar-refractivity contribution in [3.05, 3.63) is 46.3 Å². The molecular weight excluding hydrogens is 389 g/mol. The molecule has 102 valence electrons. The van der Waals surface area contributed by atoms with Crippen LogP contribution in [0.5, 0.6) is 0 Å². The summed E-state index contributed by atoms with van der Waals surface area (Å²) in [6.07, 6.45) is 1.37. The van der Waals surface area contributed by atoms with Gasteiger partial charge in [0.1, 0.15) is 10.5 Å². The number of hydrogen-bond donors (Lipinski definition) is 2. The minimum atomic E-state index is -3.67. The second kappa shape index (κ2) is 4.74. The van der Waals surface area contributed by atoms with E-state index in [1.807, 2.05) is 0 Å². The Kier molecular flexibility index (Phi) is 3.17. The van der Waals surface area contributed by atoms with Gasteiger partial charge in [-0.1, -0.05) is 18.2 Å². The normalized spacial score (nSPS) is 11.8. The number of rotatable bonds is 2. The summed E-state index contributed by atoms with van der Waals surface area (Å²) in [5, 5.41) is 0.512. The molecule has 7 heteroatoms. The molecule has 5 nitrogen and oxygen atoms in total. The molecule has 0 amide bonds. The second-order valence-electron chi connectivity index (χ2n) is 4.24. The smallest absolute Gasteiger partial charge is 0.209 e. The number of hydrogen-bond acceptors (Lipinski definition) is 4. The number of aromatic nitrogens is 2. The Morgan fingerprint density at radius 2 is 1.90 bits per heavy atom. The average Bonchev–Trinajstić information content (AvgIpc) is 2.79. The van der Waals surface area contributed by atoms with Gasteiger partial charge in [-0.3, -0.25) is 0 Å². The molecule has 0 bridgehead atoms. The predicted molar refractivity (Wildman–Crippen MR) is 85.1 cm³/mol. The number of nitrogen functional groups attached to an aromatic ring is 1. The van der Waals surface area contributed by atoms with Crippen molar-refractivity contribution in [3.63, 3.8) is 0 Å². The lowest BCUT2D eigenvalue weighted by atomic mass is 10.3. The zero-order valence-electron chi connectivity index (χ0n) is 10.2. The Morgan fingerprint density at radius 1 is 1.20 bits per heavy atom. The van der Waals surface area contributed by atoms with Crippen LogP contribution in [0.25, 0.3) is 11.0 Å². The molecule has 0 saturated carbocycles. The summed E-state index contributed by atoms with van der Waals surface area (Å²) in [6, 6.07) is 9.97. The van der Waals surface area contributed by atoms with Crippen LogP contribution in [0, 0.1) is 3.70 Å². The molecule has 0 saturated heterocycles. The van der Waals surface area contributed by atoms with Gasteiger partial charge in [0, 0.05) is 5.39 Å². The lowest BCUT2D eigenvalue weighted by Gasteiger charge is -2.08. The van der Waals surface area contributed by atoms with E-state index in [9.17, 15) is 8.42 Å². The van der Waals surface area contributed by atoms with Crippen LogP contribution in [-0.4, -0.2) is 18.4 Å². The lowest BCUT2D eigenvalue weighted by molar-refractivity contribution is 0.597. The molecule has 0 atom stereocenters. The van der Waals surface area contributed by atoms with Crippen LogP contribution in [0.4, 0.5) is 5.69 Å². The van der Waals surface area contributed by atoms with Gasteiger partial charge in [0.2, 0.25) is 9.84 Å². The highest BCUT2D eigenvalue weighted by molar-refractivity contribution is 14.1. The number of aromatic amines is 1. The van der Waals surface area contributed by atoms with Gasteiger partial charge in [-0.15, -0.1) is 0 Å². The maximum atomic E-state index is 12.8. The van der Waals surface area contributed by atoms with Gasteiger partial charge in [-0.25, -0.2) is 13.4 Å². The Bertz CT molecular complexity index is 889. The van der Waals surface area contributed by atoms with E-state index in [0.29, 0.717) is 11.0 Å². The minimum absolute atomic E-state index is 0.105. The number of benzene rings is 1. The van der Waals surface area contributed by atoms with Crippen LogP contribution >= 0.6 is 22.6 Å². The number of sulfone groups is 1. The van der Waals surface area contributed by atoms with Gasteiger partial charge >= 0.3 is 0 Å². The molecule has 0 aliphatic rings. The molecule has 0 unspecified atom stereocenters. The first-order valence-electron chi connectivity index (χ1n) is 5.73. The van der Waals surface area contributed by atoms with E-state index in [1.54, 1.807) is 36.4 Å². The van der Waals surface area contributed by atoms with Crippen LogP contribution in [0.2, 0.25) is 0 Å². The first kappa shape index (κ1) is 13.4. The van der Waals surface area contributed by atoms with Crippen molar-refractivity contribution >= 4 is 49.1 Å². The number of nitrogens with zero attached hydrogens (tertiary/aromatic N) is 1. The van der Waals surface area contributed by atoms with E-state index < -0.39 is 9.84 Å². The quantitative estimate of drug-likeness (QED) is 0.649. The topological polar surface area (TPSA) is 88.8 Å². The third kappa shape index (κ3) is 2.06. The molecule has 3 rings (SSSR count). The molecule has 0 aliphatic heterocycles. The fourth-order valence-corrected chi connectivity index (χ4v) is 4.18. The minimum Gasteiger partial charge on any atom is -0.396 e. The standard InChI is InChI=1S/C13H10IN3O2S/c14-11-6-9-12(10(15)7-16-13(9)17-11)20(18,19)8-4-2-1-3-5-8/h1-7H,15H2,(H,16,17). The fraction of sp³-hybridized carbons (Fsp3) is 0. The van der Waals surface area contributed by atoms with Crippen molar-refractivity contribution in [2.45, 2.75) is 9.79 Å². The summed E-state index contributed by atoms with van der Waals surface area (Å²) in [4.78, 5) is 7.45. The molecule has 2 aromatic heterocycles. The number of fused-ring (bicyclic) bond motifs is 1. The van der Waals surface area contributed by atoms with Gasteiger partial charge in [0.25, 0.3) is 0 Å². The number of nitrogens with two attached hydrogens (primary N) is 1. The highest BCUT2D eigenvalue weighted by Gasteiger charge is 2.24. The molecule has 3 N–H and O–H groups in total. The molecule has 0 spiro atoms. The molecule has 0 radical (unpaired) electrons. The monoisotopic (exact) mass is 399 g/mol. The lowest BCUT2D eigenvalue weighted by Crippen LogP contribution is -2.06. The second-order valence-corrected chi connectivity index (χ2v) is 7.29. The summed E-state index contributed by atoms with van der Waals surface area (Å²) >= 11 is 2.07. The largest absolute Gasteiger partial charge is 0.396 e. The highest BCUT2D eigenvalue weighted by Crippen LogP contribution is 2.32. The highest BCUT2D eigenvalue weighted by atomic mass is 127. The Hall–Kier alpha value is -1.61. The van der Waals surface area contributed by atoms with E-state index in [2.05, 4.69) is 32.6 Å². The van der Waals surface area contributed by atoms with Crippen LogP contribution in [0.3, 0.4) is 0 Å². The maximum Gasteiger partial charge on any atom is 0.209 e. The molecule has 2 heterocycles. The van der Waals surface area contributed by atoms with Crippen LogP contribution in [0.1, 0.15) is 0 Å². The van der Waals surface area contributed by atoms with Crippen molar-refractivity contribution in [1.29, 1.82) is 0 Å². The number of halogens is 1.